The first kappa shape index (κ1) is 25.4. The van der Waals surface area contributed by atoms with Crippen LogP contribution in [0.15, 0.2) is 40.9 Å². The highest BCUT2D eigenvalue weighted by Gasteiger charge is 2.33. The van der Waals surface area contributed by atoms with E-state index in [-0.39, 0.29) is 30.4 Å². The highest BCUT2D eigenvalue weighted by molar-refractivity contribution is 7.10. The van der Waals surface area contributed by atoms with Gasteiger partial charge in [-0.25, -0.2) is 4.98 Å². The minimum absolute atomic E-state index is 0.139. The Bertz CT molecular complexity index is 1290. The number of benzene rings is 1. The molecule has 1 atom stereocenters. The van der Waals surface area contributed by atoms with Crippen molar-refractivity contribution < 1.29 is 27.5 Å². The average molecular weight is 551 g/mol. The summed E-state index contributed by atoms with van der Waals surface area (Å²) in [7, 11) is 0. The molecule has 0 saturated carbocycles. The number of ether oxygens (including phenoxy) is 1. The van der Waals surface area contributed by atoms with Gasteiger partial charge in [-0.15, -0.1) is 21.5 Å². The molecule has 1 saturated heterocycles. The van der Waals surface area contributed by atoms with E-state index in [4.69, 9.17) is 26.2 Å². The topological polar surface area (TPSA) is 89.8 Å². The highest BCUT2D eigenvalue weighted by Crippen LogP contribution is 2.35. The Balaban J connectivity index is 1.10. The largest absolute Gasteiger partial charge is 0.466 e. The van der Waals surface area contributed by atoms with E-state index in [2.05, 4.69) is 21.4 Å². The molecular formula is C24H20ClF3N5O3S. The maximum absolute atomic E-state index is 12.6. The van der Waals surface area contributed by atoms with Crippen LogP contribution in [0, 0.1) is 6.07 Å². The Labute approximate surface area is 219 Å². The van der Waals surface area contributed by atoms with Crippen LogP contribution in [0.1, 0.15) is 53.2 Å². The summed E-state index contributed by atoms with van der Waals surface area (Å²) in [5.41, 5.74) is 1.19. The Morgan fingerprint density at radius 2 is 2.05 bits per heavy atom. The van der Waals surface area contributed by atoms with Crippen molar-refractivity contribution in [1.82, 2.24) is 20.1 Å². The van der Waals surface area contributed by atoms with Crippen LogP contribution in [0.4, 0.5) is 13.2 Å². The Hall–Kier alpha value is -3.25. The number of rotatable bonds is 6. The number of likely N-dealkylation sites (tertiary alicyclic amines) is 1. The molecule has 1 aromatic carbocycles. The summed E-state index contributed by atoms with van der Waals surface area (Å²) < 4.78 is 43.0. The van der Waals surface area contributed by atoms with Crippen LogP contribution in [0.2, 0.25) is 5.02 Å². The molecule has 2 aromatic heterocycles. The van der Waals surface area contributed by atoms with Crippen molar-refractivity contribution in [3.8, 4) is 5.88 Å². The second kappa shape index (κ2) is 10.6. The Morgan fingerprint density at radius 1 is 1.24 bits per heavy atom. The number of carbonyl (C=O) groups excluding carboxylic acids is 1. The molecule has 1 fully saturated rings. The SMILES string of the molecule is O=C(COc1ccc(C(F)(F)F)nn1)N1CCC(c2nc(C3=NOC(c4[c]cccc4Cl)C3)cs2)CC1. The second-order valence-electron chi connectivity index (χ2n) is 8.54. The lowest BCUT2D eigenvalue weighted by molar-refractivity contribution is -0.142. The van der Waals surface area contributed by atoms with Gasteiger partial charge >= 0.3 is 6.18 Å². The molecule has 1 unspecified atom stereocenters. The number of hydrogen-bond donors (Lipinski definition) is 0. The van der Waals surface area contributed by atoms with Crippen LogP contribution in [0.25, 0.3) is 0 Å². The smallest absolute Gasteiger partial charge is 0.435 e. The van der Waals surface area contributed by atoms with Crippen molar-refractivity contribution in [3.63, 3.8) is 0 Å². The molecule has 0 spiro atoms. The number of alkyl halides is 3. The molecule has 4 heterocycles. The summed E-state index contributed by atoms with van der Waals surface area (Å²) in [6, 6.07) is 10.3. The van der Waals surface area contributed by atoms with Gasteiger partial charge in [0.1, 0.15) is 5.71 Å². The zero-order valence-electron chi connectivity index (χ0n) is 19.2. The fraction of sp³-hybridized carbons (Fsp3) is 0.375. The van der Waals surface area contributed by atoms with Gasteiger partial charge in [0.05, 0.1) is 10.7 Å². The van der Waals surface area contributed by atoms with Gasteiger partial charge in [-0.05, 0) is 31.0 Å². The van der Waals surface area contributed by atoms with Crippen LogP contribution in [0.5, 0.6) is 5.88 Å². The van der Waals surface area contributed by atoms with Gasteiger partial charge in [-0.2, -0.15) is 13.2 Å². The molecule has 193 valence electrons. The number of halogens is 4. The number of piperidine rings is 1. The number of amides is 1. The normalized spacial score (nSPS) is 18.4. The number of hydrogen-bond acceptors (Lipinski definition) is 8. The van der Waals surface area contributed by atoms with Crippen LogP contribution in [0.3, 0.4) is 0 Å². The van der Waals surface area contributed by atoms with E-state index in [1.165, 1.54) is 0 Å². The average Bonchev–Trinajstić information content (AvgIpc) is 3.58. The molecule has 37 heavy (non-hydrogen) atoms. The van der Waals surface area contributed by atoms with E-state index in [0.29, 0.717) is 24.5 Å². The predicted molar refractivity (Wildman–Crippen MR) is 128 cm³/mol. The Morgan fingerprint density at radius 3 is 2.76 bits per heavy atom. The van der Waals surface area contributed by atoms with Crippen molar-refractivity contribution >= 4 is 34.6 Å². The van der Waals surface area contributed by atoms with E-state index >= 15 is 0 Å². The lowest BCUT2D eigenvalue weighted by Crippen LogP contribution is -2.40. The van der Waals surface area contributed by atoms with Crippen molar-refractivity contribution in [2.75, 3.05) is 19.7 Å². The molecule has 0 aliphatic carbocycles. The molecular weight excluding hydrogens is 531 g/mol. The summed E-state index contributed by atoms with van der Waals surface area (Å²) >= 11 is 7.81. The number of oxime groups is 1. The summed E-state index contributed by atoms with van der Waals surface area (Å²) in [6.45, 7) is 0.722. The van der Waals surface area contributed by atoms with Crippen LogP contribution in [-0.2, 0) is 15.8 Å². The first-order chi connectivity index (χ1) is 17.8. The molecule has 1 amide bonds. The third-order valence-electron chi connectivity index (χ3n) is 6.11. The number of aromatic nitrogens is 3. The zero-order chi connectivity index (χ0) is 26.0. The van der Waals surface area contributed by atoms with Gasteiger partial charge in [0.25, 0.3) is 5.91 Å². The lowest BCUT2D eigenvalue weighted by Gasteiger charge is -2.31. The number of carbonyl (C=O) groups is 1. The maximum Gasteiger partial charge on any atom is 0.435 e. The van der Waals surface area contributed by atoms with Crippen molar-refractivity contribution in [3.05, 3.63) is 68.8 Å². The fourth-order valence-corrected chi connectivity index (χ4v) is 5.37. The molecule has 1 radical (unpaired) electrons. The van der Waals surface area contributed by atoms with E-state index in [0.717, 1.165) is 47.0 Å². The van der Waals surface area contributed by atoms with E-state index in [1.807, 2.05) is 11.4 Å². The molecule has 0 N–H and O–H groups in total. The summed E-state index contributed by atoms with van der Waals surface area (Å²) in [5, 5.41) is 14.2. The summed E-state index contributed by atoms with van der Waals surface area (Å²) in [4.78, 5) is 24.5. The minimum atomic E-state index is -4.58. The van der Waals surface area contributed by atoms with Gasteiger partial charge in [-0.3, -0.25) is 4.79 Å². The zero-order valence-corrected chi connectivity index (χ0v) is 20.8. The first-order valence-corrected chi connectivity index (χ1v) is 12.7. The van der Waals surface area contributed by atoms with Gasteiger partial charge in [0, 0.05) is 47.5 Å². The van der Waals surface area contributed by atoms with Gasteiger partial charge in [-0.1, -0.05) is 28.9 Å². The van der Waals surface area contributed by atoms with Crippen molar-refractivity contribution in [2.45, 2.75) is 37.5 Å². The predicted octanol–water partition coefficient (Wildman–Crippen LogP) is 5.06. The lowest BCUT2D eigenvalue weighted by atomic mass is 9.97. The molecule has 3 aromatic rings. The van der Waals surface area contributed by atoms with Gasteiger partial charge in [0.15, 0.2) is 18.4 Å². The standard InChI is InChI=1S/C24H20ClF3N5O3S/c25-16-4-2-1-3-15(16)19-11-17(32-36-19)18-13-37-23(29-18)14-7-9-33(10-8-14)22(34)12-35-21-6-5-20(30-31-21)24(26,27)28/h1-2,4-6,13-14,19H,7-12H2. The second-order valence-corrected chi connectivity index (χ2v) is 9.83. The van der Waals surface area contributed by atoms with Crippen LogP contribution >= 0.6 is 22.9 Å². The molecule has 2 aliphatic heterocycles. The molecule has 8 nitrogen and oxygen atoms in total. The van der Waals surface area contributed by atoms with Gasteiger partial charge < -0.3 is 14.5 Å². The van der Waals surface area contributed by atoms with E-state index in [9.17, 15) is 18.0 Å². The quantitative estimate of drug-likeness (QED) is 0.426. The fourth-order valence-electron chi connectivity index (χ4n) is 4.12. The van der Waals surface area contributed by atoms with Gasteiger partial charge in [0.2, 0.25) is 5.88 Å². The maximum atomic E-state index is 12.6. The van der Waals surface area contributed by atoms with E-state index < -0.39 is 11.9 Å². The Kier molecular flexibility index (Phi) is 7.29. The molecule has 5 rings (SSSR count). The number of thiazole rings is 1. The summed E-state index contributed by atoms with van der Waals surface area (Å²) in [5.74, 6) is -0.194. The third-order valence-corrected chi connectivity index (χ3v) is 7.45. The van der Waals surface area contributed by atoms with E-state index in [1.54, 1.807) is 28.4 Å². The monoisotopic (exact) mass is 550 g/mol. The van der Waals surface area contributed by atoms with Crippen molar-refractivity contribution in [1.29, 1.82) is 0 Å². The third kappa shape index (κ3) is 5.85. The van der Waals surface area contributed by atoms with Crippen LogP contribution in [-0.4, -0.2) is 51.4 Å². The van der Waals surface area contributed by atoms with Crippen molar-refractivity contribution in [2.24, 2.45) is 5.16 Å². The minimum Gasteiger partial charge on any atom is -0.466 e. The first-order valence-electron chi connectivity index (χ1n) is 11.4. The highest BCUT2D eigenvalue weighted by atomic mass is 35.5. The molecule has 0 bridgehead atoms. The van der Waals surface area contributed by atoms with Crippen LogP contribution < -0.4 is 4.74 Å². The number of nitrogens with zero attached hydrogens (tertiary/aromatic N) is 5. The summed E-state index contributed by atoms with van der Waals surface area (Å²) in [6.07, 6.45) is -2.85. The molecule has 13 heteroatoms. The molecule has 2 aliphatic rings.